The van der Waals surface area contributed by atoms with Crippen molar-refractivity contribution in [3.8, 4) is 11.5 Å². The molecule has 0 unspecified atom stereocenters. The lowest BCUT2D eigenvalue weighted by Crippen LogP contribution is -2.51. The molecule has 1 heterocycles. The molecule has 0 bridgehead atoms. The number of imide groups is 2. The van der Waals surface area contributed by atoms with Crippen molar-refractivity contribution < 1.29 is 23.9 Å². The van der Waals surface area contributed by atoms with Crippen LogP contribution < -0.4 is 20.1 Å². The number of hydrogen-bond donors (Lipinski definition) is 2. The number of barbiturate groups is 1. The van der Waals surface area contributed by atoms with Gasteiger partial charge in [0.1, 0.15) is 12.2 Å². The maximum Gasteiger partial charge on any atom is 0.328 e. The Hall–Kier alpha value is -2.88. The third-order valence-corrected chi connectivity index (χ3v) is 4.89. The number of benzene rings is 2. The van der Waals surface area contributed by atoms with Crippen LogP contribution in [0.3, 0.4) is 0 Å². The highest BCUT2D eigenvalue weighted by Crippen LogP contribution is 2.35. The summed E-state index contributed by atoms with van der Waals surface area (Å²) in [5.41, 5.74) is 2.62. The van der Waals surface area contributed by atoms with Crippen LogP contribution in [-0.4, -0.2) is 24.5 Å². The minimum Gasteiger partial charge on any atom is -0.490 e. The summed E-state index contributed by atoms with van der Waals surface area (Å²) in [4.78, 5) is 35.1. The smallest absolute Gasteiger partial charge is 0.328 e. The zero-order valence-corrected chi connectivity index (χ0v) is 18.0. The Kier molecular flexibility index (Phi) is 6.53. The molecule has 1 aliphatic heterocycles. The molecule has 0 spiro atoms. The van der Waals surface area contributed by atoms with Crippen LogP contribution in [0, 0.1) is 10.5 Å². The molecule has 8 heteroatoms. The van der Waals surface area contributed by atoms with Crippen LogP contribution in [0.5, 0.6) is 11.5 Å². The van der Waals surface area contributed by atoms with Crippen LogP contribution in [0.1, 0.15) is 23.6 Å². The topological polar surface area (TPSA) is 93.7 Å². The maximum absolute atomic E-state index is 11.9. The standard InChI is InChI=1S/C21H19IN2O5/c1-3-28-17-10-14(8-15-19(25)23-21(27)24-20(15)26)9-16(22)18(17)29-11-13-6-4-12(2)5-7-13/h4-10H,3,11H2,1-2H3,(H2,23,24,25,26,27). The molecule has 3 rings (SSSR count). The van der Waals surface area contributed by atoms with Crippen molar-refractivity contribution in [2.24, 2.45) is 0 Å². The molecule has 0 radical (unpaired) electrons. The molecule has 2 aromatic rings. The zero-order valence-electron chi connectivity index (χ0n) is 15.9. The molecule has 4 amide bonds. The van der Waals surface area contributed by atoms with E-state index in [1.54, 1.807) is 12.1 Å². The predicted octanol–water partition coefficient (Wildman–Crippen LogP) is 3.33. The summed E-state index contributed by atoms with van der Waals surface area (Å²) >= 11 is 2.12. The monoisotopic (exact) mass is 506 g/mol. The van der Waals surface area contributed by atoms with Crippen LogP contribution in [0.15, 0.2) is 42.0 Å². The van der Waals surface area contributed by atoms with E-state index in [2.05, 4.69) is 33.2 Å². The number of nitrogens with one attached hydrogen (secondary N) is 2. The van der Waals surface area contributed by atoms with Crippen molar-refractivity contribution in [2.75, 3.05) is 6.61 Å². The second kappa shape index (κ2) is 9.08. The van der Waals surface area contributed by atoms with E-state index < -0.39 is 17.8 Å². The molecule has 1 aliphatic rings. The van der Waals surface area contributed by atoms with Gasteiger partial charge in [0.25, 0.3) is 11.8 Å². The molecule has 0 aromatic heterocycles. The Labute approximate surface area is 181 Å². The summed E-state index contributed by atoms with van der Waals surface area (Å²) < 4.78 is 12.5. The fourth-order valence-electron chi connectivity index (χ4n) is 2.69. The molecule has 2 N–H and O–H groups in total. The highest BCUT2D eigenvalue weighted by atomic mass is 127. The quantitative estimate of drug-likeness (QED) is 0.356. The lowest BCUT2D eigenvalue weighted by Gasteiger charge is -2.16. The minimum absolute atomic E-state index is 0.156. The number of rotatable bonds is 6. The normalized spacial score (nSPS) is 13.6. The second-order valence-electron chi connectivity index (χ2n) is 6.33. The van der Waals surface area contributed by atoms with E-state index >= 15 is 0 Å². The predicted molar refractivity (Wildman–Crippen MR) is 115 cm³/mol. The van der Waals surface area contributed by atoms with Crippen LogP contribution >= 0.6 is 22.6 Å². The Bertz CT molecular complexity index is 977. The Morgan fingerprint density at radius 3 is 2.28 bits per heavy atom. The fraction of sp³-hybridized carbons (Fsp3) is 0.190. The molecule has 1 saturated heterocycles. The summed E-state index contributed by atoms with van der Waals surface area (Å²) in [5, 5.41) is 4.10. The molecule has 0 aliphatic carbocycles. The SMILES string of the molecule is CCOc1cc(C=C2C(=O)NC(=O)NC2=O)cc(I)c1OCc1ccc(C)cc1. The number of carbonyl (C=O) groups is 3. The third-order valence-electron chi connectivity index (χ3n) is 4.09. The molecule has 0 atom stereocenters. The molecule has 1 fully saturated rings. The average molecular weight is 506 g/mol. The van der Waals surface area contributed by atoms with E-state index in [0.717, 1.165) is 9.13 Å². The van der Waals surface area contributed by atoms with Crippen molar-refractivity contribution in [1.82, 2.24) is 10.6 Å². The minimum atomic E-state index is -0.832. The highest BCUT2D eigenvalue weighted by molar-refractivity contribution is 14.1. The van der Waals surface area contributed by atoms with E-state index in [9.17, 15) is 14.4 Å². The van der Waals surface area contributed by atoms with E-state index in [0.29, 0.717) is 30.3 Å². The van der Waals surface area contributed by atoms with Crippen molar-refractivity contribution >= 4 is 46.5 Å². The van der Waals surface area contributed by atoms with Crippen molar-refractivity contribution in [3.05, 3.63) is 62.2 Å². The van der Waals surface area contributed by atoms with Gasteiger partial charge in [-0.3, -0.25) is 20.2 Å². The van der Waals surface area contributed by atoms with Gasteiger partial charge in [-0.1, -0.05) is 29.8 Å². The first-order chi connectivity index (χ1) is 13.9. The first kappa shape index (κ1) is 20.8. The number of hydrogen-bond acceptors (Lipinski definition) is 5. The zero-order chi connectivity index (χ0) is 21.0. The van der Waals surface area contributed by atoms with E-state index in [1.807, 2.05) is 38.1 Å². The van der Waals surface area contributed by atoms with E-state index in [4.69, 9.17) is 9.47 Å². The number of ether oxygens (including phenoxy) is 2. The number of halogens is 1. The largest absolute Gasteiger partial charge is 0.490 e. The molecule has 29 heavy (non-hydrogen) atoms. The molecular weight excluding hydrogens is 487 g/mol. The lowest BCUT2D eigenvalue weighted by atomic mass is 10.1. The summed E-state index contributed by atoms with van der Waals surface area (Å²) in [7, 11) is 0. The Balaban J connectivity index is 1.88. The van der Waals surface area contributed by atoms with Crippen molar-refractivity contribution in [2.45, 2.75) is 20.5 Å². The van der Waals surface area contributed by atoms with Gasteiger partial charge in [0.15, 0.2) is 11.5 Å². The first-order valence-electron chi connectivity index (χ1n) is 8.90. The van der Waals surface area contributed by atoms with Gasteiger partial charge >= 0.3 is 6.03 Å². The van der Waals surface area contributed by atoms with Gasteiger partial charge in [-0.25, -0.2) is 4.79 Å². The summed E-state index contributed by atoms with van der Waals surface area (Å²) in [6.07, 6.45) is 1.41. The van der Waals surface area contributed by atoms with E-state index in [-0.39, 0.29) is 5.57 Å². The van der Waals surface area contributed by atoms with Crippen molar-refractivity contribution in [3.63, 3.8) is 0 Å². The fourth-order valence-corrected chi connectivity index (χ4v) is 3.47. The van der Waals surface area contributed by atoms with Gasteiger partial charge < -0.3 is 9.47 Å². The maximum atomic E-state index is 11.9. The number of carbonyl (C=O) groups excluding carboxylic acids is 3. The molecule has 7 nitrogen and oxygen atoms in total. The van der Waals surface area contributed by atoms with Gasteiger partial charge in [0.2, 0.25) is 0 Å². The van der Waals surface area contributed by atoms with E-state index in [1.165, 1.54) is 11.6 Å². The molecule has 0 saturated carbocycles. The highest BCUT2D eigenvalue weighted by Gasteiger charge is 2.27. The van der Waals surface area contributed by atoms with Gasteiger partial charge in [0.05, 0.1) is 10.2 Å². The summed E-state index contributed by atoms with van der Waals surface area (Å²) in [6.45, 7) is 4.68. The Morgan fingerprint density at radius 2 is 1.66 bits per heavy atom. The first-order valence-corrected chi connectivity index (χ1v) is 9.98. The average Bonchev–Trinajstić information content (AvgIpc) is 2.65. The van der Waals surface area contributed by atoms with Gasteiger partial charge in [-0.2, -0.15) is 0 Å². The second-order valence-corrected chi connectivity index (χ2v) is 7.49. The van der Waals surface area contributed by atoms with Crippen LogP contribution in [0.2, 0.25) is 0 Å². The van der Waals surface area contributed by atoms with Gasteiger partial charge in [-0.05, 0) is 65.8 Å². The summed E-state index contributed by atoms with van der Waals surface area (Å²) in [6, 6.07) is 10.7. The molecule has 150 valence electrons. The third kappa shape index (κ3) is 5.14. The van der Waals surface area contributed by atoms with Crippen LogP contribution in [-0.2, 0) is 16.2 Å². The van der Waals surface area contributed by atoms with Crippen molar-refractivity contribution in [1.29, 1.82) is 0 Å². The number of urea groups is 1. The van der Waals surface area contributed by atoms with Gasteiger partial charge in [-0.15, -0.1) is 0 Å². The van der Waals surface area contributed by atoms with Gasteiger partial charge in [0, 0.05) is 0 Å². The number of amides is 4. The van der Waals surface area contributed by atoms with Crippen LogP contribution in [0.25, 0.3) is 6.08 Å². The van der Waals surface area contributed by atoms with Crippen LogP contribution in [0.4, 0.5) is 4.79 Å². The molecular formula is C21H19IN2O5. The number of aryl methyl sites for hydroxylation is 1. The Morgan fingerprint density at radius 1 is 1.00 bits per heavy atom. The summed E-state index contributed by atoms with van der Waals surface area (Å²) in [5.74, 6) is -0.396. The lowest BCUT2D eigenvalue weighted by molar-refractivity contribution is -0.123. The molecule has 2 aromatic carbocycles.